The molecule has 1 aromatic carbocycles. The second kappa shape index (κ2) is 11.1. The van der Waals surface area contributed by atoms with Crippen LogP contribution in [0.5, 0.6) is 5.75 Å². The van der Waals surface area contributed by atoms with Crippen LogP contribution in [0.2, 0.25) is 0 Å². The van der Waals surface area contributed by atoms with Crippen LogP contribution in [0.4, 0.5) is 0 Å². The first-order chi connectivity index (χ1) is 16.2. The van der Waals surface area contributed by atoms with Crippen LogP contribution >= 0.6 is 0 Å². The summed E-state index contributed by atoms with van der Waals surface area (Å²) in [6.07, 6.45) is 1.39. The summed E-state index contributed by atoms with van der Waals surface area (Å²) in [7, 11) is 2.41. The Bertz CT molecular complexity index is 878. The van der Waals surface area contributed by atoms with Crippen molar-refractivity contribution in [2.75, 3.05) is 20.8 Å². The van der Waals surface area contributed by atoms with E-state index < -0.39 is 40.6 Å². The van der Waals surface area contributed by atoms with Crippen LogP contribution in [0.25, 0.3) is 0 Å². The molecule has 0 amide bonds. The second-order valence-electron chi connectivity index (χ2n) is 11.0. The molecule has 1 aromatic rings. The van der Waals surface area contributed by atoms with E-state index in [9.17, 15) is 14.4 Å². The molecule has 1 saturated heterocycles. The molecular weight excluding hydrogens is 452 g/mol. The molecule has 196 valence electrons. The van der Waals surface area contributed by atoms with Gasteiger partial charge in [-0.05, 0) is 35.7 Å². The highest BCUT2D eigenvalue weighted by molar-refractivity contribution is 6.04. The standard InChI is InChI=1S/C27H40O8/c1-17(28)34-22-19(25(2,3)4)14-18(15-20(22)26(5,6)7)16-27(23(29)31-8,24(30)32-9)35-21-12-10-11-13-33-21/h14-15,21H,10-13,16H2,1-9H3. The van der Waals surface area contributed by atoms with Gasteiger partial charge in [0.05, 0.1) is 14.2 Å². The zero-order chi connectivity index (χ0) is 26.6. The quantitative estimate of drug-likeness (QED) is 0.314. The summed E-state index contributed by atoms with van der Waals surface area (Å²) in [5.74, 6) is -1.67. The maximum Gasteiger partial charge on any atom is 0.350 e. The van der Waals surface area contributed by atoms with Gasteiger partial charge in [-0.15, -0.1) is 0 Å². The zero-order valence-corrected chi connectivity index (χ0v) is 22.5. The first-order valence-corrected chi connectivity index (χ1v) is 12.0. The third-order valence-corrected chi connectivity index (χ3v) is 5.96. The van der Waals surface area contributed by atoms with Gasteiger partial charge in [-0.1, -0.05) is 53.7 Å². The lowest BCUT2D eigenvalue weighted by molar-refractivity contribution is -0.238. The number of hydrogen-bond donors (Lipinski definition) is 0. The van der Waals surface area contributed by atoms with Gasteiger partial charge in [-0.2, -0.15) is 0 Å². The lowest BCUT2D eigenvalue weighted by Crippen LogP contribution is -2.55. The predicted octanol–water partition coefficient (Wildman–Crippen LogP) is 4.38. The van der Waals surface area contributed by atoms with E-state index in [4.69, 9.17) is 23.7 Å². The molecule has 0 bridgehead atoms. The summed E-state index contributed by atoms with van der Waals surface area (Å²) < 4.78 is 27.5. The Balaban J connectivity index is 2.74. The minimum absolute atomic E-state index is 0.140. The third-order valence-electron chi connectivity index (χ3n) is 5.96. The molecule has 8 heteroatoms. The first-order valence-electron chi connectivity index (χ1n) is 12.0. The number of carbonyl (C=O) groups excluding carboxylic acids is 3. The third kappa shape index (κ3) is 6.82. The SMILES string of the molecule is COC(=O)C(Cc1cc(C(C)(C)C)c(OC(C)=O)c(C(C)(C)C)c1)(OC1CCCCO1)C(=O)OC. The maximum absolute atomic E-state index is 13.1. The number of hydrogen-bond acceptors (Lipinski definition) is 8. The summed E-state index contributed by atoms with van der Waals surface area (Å²) in [5.41, 5.74) is -0.693. The fraction of sp³-hybridized carbons (Fsp3) is 0.667. The Kier molecular flexibility index (Phi) is 9.11. The number of benzene rings is 1. The monoisotopic (exact) mass is 492 g/mol. The van der Waals surface area contributed by atoms with Gasteiger partial charge >= 0.3 is 17.9 Å². The Labute approximate surface area is 208 Å². The Hall–Kier alpha value is -2.45. The fourth-order valence-corrected chi connectivity index (χ4v) is 4.17. The topological polar surface area (TPSA) is 97.4 Å². The molecule has 1 aliphatic heterocycles. The highest BCUT2D eigenvalue weighted by atomic mass is 16.7. The van der Waals surface area contributed by atoms with Crippen LogP contribution in [0.15, 0.2) is 12.1 Å². The van der Waals surface area contributed by atoms with Crippen molar-refractivity contribution in [3.63, 3.8) is 0 Å². The molecule has 0 spiro atoms. The van der Waals surface area contributed by atoms with Crippen molar-refractivity contribution in [3.8, 4) is 5.75 Å². The molecule has 0 saturated carbocycles. The normalized spacial score (nSPS) is 17.0. The molecule has 1 atom stereocenters. The molecule has 8 nitrogen and oxygen atoms in total. The van der Waals surface area contributed by atoms with Gasteiger partial charge in [0, 0.05) is 31.1 Å². The number of methoxy groups -OCH3 is 2. The zero-order valence-electron chi connectivity index (χ0n) is 22.5. The Morgan fingerprint density at radius 3 is 1.80 bits per heavy atom. The summed E-state index contributed by atoms with van der Waals surface area (Å²) in [6.45, 7) is 13.9. The molecule has 1 unspecified atom stereocenters. The van der Waals surface area contributed by atoms with Crippen LogP contribution in [0, 0.1) is 0 Å². The van der Waals surface area contributed by atoms with Gasteiger partial charge in [-0.3, -0.25) is 4.79 Å². The molecule has 1 aliphatic rings. The second-order valence-corrected chi connectivity index (χ2v) is 11.0. The fourth-order valence-electron chi connectivity index (χ4n) is 4.17. The number of esters is 3. The average molecular weight is 493 g/mol. The lowest BCUT2D eigenvalue weighted by atomic mass is 9.77. The molecule has 0 radical (unpaired) electrons. The first kappa shape index (κ1) is 28.8. The summed E-state index contributed by atoms with van der Waals surface area (Å²) >= 11 is 0. The molecule has 0 aliphatic carbocycles. The average Bonchev–Trinajstić information content (AvgIpc) is 2.77. The highest BCUT2D eigenvalue weighted by Crippen LogP contribution is 2.42. The van der Waals surface area contributed by atoms with E-state index in [0.717, 1.165) is 24.0 Å². The molecule has 1 fully saturated rings. The molecular formula is C27H40O8. The van der Waals surface area contributed by atoms with Crippen molar-refractivity contribution in [2.24, 2.45) is 0 Å². The molecule has 35 heavy (non-hydrogen) atoms. The minimum atomic E-state index is -2.06. The van der Waals surface area contributed by atoms with E-state index >= 15 is 0 Å². The summed E-state index contributed by atoms with van der Waals surface area (Å²) in [5, 5.41) is 0. The van der Waals surface area contributed by atoms with Crippen molar-refractivity contribution in [1.29, 1.82) is 0 Å². The summed E-state index contributed by atoms with van der Waals surface area (Å²) in [4.78, 5) is 38.2. The van der Waals surface area contributed by atoms with E-state index in [2.05, 4.69) is 0 Å². The van der Waals surface area contributed by atoms with Crippen molar-refractivity contribution < 1.29 is 38.1 Å². The Morgan fingerprint density at radius 2 is 1.43 bits per heavy atom. The van der Waals surface area contributed by atoms with Crippen molar-refractivity contribution in [1.82, 2.24) is 0 Å². The molecule has 2 rings (SSSR count). The van der Waals surface area contributed by atoms with Gasteiger partial charge < -0.3 is 23.7 Å². The van der Waals surface area contributed by atoms with E-state index in [1.807, 2.05) is 53.7 Å². The summed E-state index contributed by atoms with van der Waals surface area (Å²) in [6, 6.07) is 3.69. The van der Waals surface area contributed by atoms with Gasteiger partial charge in [0.1, 0.15) is 5.75 Å². The van der Waals surface area contributed by atoms with Crippen LogP contribution < -0.4 is 4.74 Å². The van der Waals surface area contributed by atoms with E-state index in [0.29, 0.717) is 24.3 Å². The maximum atomic E-state index is 13.1. The van der Waals surface area contributed by atoms with E-state index in [1.54, 1.807) is 0 Å². The van der Waals surface area contributed by atoms with Crippen molar-refractivity contribution in [2.45, 2.75) is 96.9 Å². The number of ether oxygens (including phenoxy) is 5. The molecule has 0 aromatic heterocycles. The number of carbonyl (C=O) groups is 3. The Morgan fingerprint density at radius 1 is 0.914 bits per heavy atom. The number of rotatable bonds is 7. The minimum Gasteiger partial charge on any atom is -0.466 e. The van der Waals surface area contributed by atoms with E-state index in [-0.39, 0.29) is 6.42 Å². The van der Waals surface area contributed by atoms with Crippen molar-refractivity contribution >= 4 is 17.9 Å². The van der Waals surface area contributed by atoms with Crippen molar-refractivity contribution in [3.05, 3.63) is 28.8 Å². The van der Waals surface area contributed by atoms with Gasteiger partial charge in [0.2, 0.25) is 0 Å². The molecule has 0 N–H and O–H groups in total. The van der Waals surface area contributed by atoms with E-state index in [1.165, 1.54) is 21.1 Å². The largest absolute Gasteiger partial charge is 0.466 e. The van der Waals surface area contributed by atoms with Crippen LogP contribution in [-0.4, -0.2) is 50.6 Å². The smallest absolute Gasteiger partial charge is 0.350 e. The molecule has 1 heterocycles. The predicted molar refractivity (Wildman–Crippen MR) is 130 cm³/mol. The highest BCUT2D eigenvalue weighted by Gasteiger charge is 2.52. The van der Waals surface area contributed by atoms with Gasteiger partial charge in [0.15, 0.2) is 6.29 Å². The van der Waals surface area contributed by atoms with Crippen LogP contribution in [0.1, 0.15) is 84.4 Å². The van der Waals surface area contributed by atoms with Crippen LogP contribution in [-0.2, 0) is 50.6 Å². The van der Waals surface area contributed by atoms with Gasteiger partial charge in [0.25, 0.3) is 5.60 Å². The lowest BCUT2D eigenvalue weighted by Gasteiger charge is -2.35. The van der Waals surface area contributed by atoms with Gasteiger partial charge in [-0.25, -0.2) is 9.59 Å². The van der Waals surface area contributed by atoms with Crippen LogP contribution in [0.3, 0.4) is 0 Å².